The average molecular weight is 247 g/mol. The number of carboxylic acids is 1. The van der Waals surface area contributed by atoms with Gasteiger partial charge < -0.3 is 20.3 Å². The van der Waals surface area contributed by atoms with Gasteiger partial charge in [-0.25, -0.2) is 4.79 Å². The molecule has 0 heterocycles. The summed E-state index contributed by atoms with van der Waals surface area (Å²) in [6.45, 7) is 1.99. The maximum atomic E-state index is 11.2. The van der Waals surface area contributed by atoms with Crippen molar-refractivity contribution in [3.8, 4) is 0 Å². The zero-order chi connectivity index (χ0) is 13.3. The highest BCUT2D eigenvalue weighted by molar-refractivity contribution is 5.81. The largest absolute Gasteiger partial charge is 0.479 e. The first-order valence-corrected chi connectivity index (χ1v) is 5.30. The maximum Gasteiger partial charge on any atom is 0.332 e. The lowest BCUT2D eigenvalue weighted by Gasteiger charge is -2.07. The van der Waals surface area contributed by atoms with Gasteiger partial charge in [-0.1, -0.05) is 0 Å². The molecule has 7 nitrogen and oxygen atoms in total. The van der Waals surface area contributed by atoms with Gasteiger partial charge >= 0.3 is 11.9 Å². The molecule has 0 saturated heterocycles. The first-order valence-electron chi connectivity index (χ1n) is 5.30. The Labute approximate surface area is 98.8 Å². The molecule has 0 aromatic heterocycles. The Morgan fingerprint density at radius 2 is 1.94 bits per heavy atom. The van der Waals surface area contributed by atoms with Gasteiger partial charge in [0.2, 0.25) is 5.91 Å². The quantitative estimate of drug-likeness (QED) is 0.488. The summed E-state index contributed by atoms with van der Waals surface area (Å²) >= 11 is 0. The number of hydrogen-bond acceptors (Lipinski definition) is 5. The molecule has 3 N–H and O–H groups in total. The molecule has 0 radical (unpaired) electrons. The molecule has 0 saturated carbocycles. The van der Waals surface area contributed by atoms with Crippen molar-refractivity contribution in [3.05, 3.63) is 0 Å². The molecule has 1 atom stereocenters. The molecule has 0 aliphatic carbocycles. The molecule has 7 heteroatoms. The molecule has 1 unspecified atom stereocenters. The van der Waals surface area contributed by atoms with Crippen LogP contribution in [0.1, 0.15) is 26.2 Å². The number of carbonyl (C=O) groups is 3. The van der Waals surface area contributed by atoms with Crippen LogP contribution < -0.4 is 5.32 Å². The Hall–Kier alpha value is -1.63. The van der Waals surface area contributed by atoms with E-state index in [4.69, 9.17) is 10.2 Å². The van der Waals surface area contributed by atoms with Gasteiger partial charge in [-0.2, -0.15) is 0 Å². The summed E-state index contributed by atoms with van der Waals surface area (Å²) in [5.74, 6) is -2.16. The Balaban J connectivity index is 3.60. The fraction of sp³-hybridized carbons (Fsp3) is 0.700. The van der Waals surface area contributed by atoms with E-state index in [1.807, 2.05) is 0 Å². The number of aliphatic carboxylic acids is 1. The van der Waals surface area contributed by atoms with Gasteiger partial charge in [0, 0.05) is 19.4 Å². The van der Waals surface area contributed by atoms with Crippen molar-refractivity contribution >= 4 is 17.8 Å². The number of aliphatic hydroxyl groups excluding tert-OH is 1. The summed E-state index contributed by atoms with van der Waals surface area (Å²) in [6.07, 6.45) is -1.58. The third kappa shape index (κ3) is 8.21. The van der Waals surface area contributed by atoms with Crippen LogP contribution in [0.2, 0.25) is 0 Å². The van der Waals surface area contributed by atoms with E-state index >= 15 is 0 Å². The highest BCUT2D eigenvalue weighted by Crippen LogP contribution is 1.94. The van der Waals surface area contributed by atoms with Crippen molar-refractivity contribution in [3.63, 3.8) is 0 Å². The van der Waals surface area contributed by atoms with Crippen molar-refractivity contribution in [1.29, 1.82) is 0 Å². The fourth-order valence-corrected chi connectivity index (χ4v) is 1.01. The van der Waals surface area contributed by atoms with Gasteiger partial charge in [0.1, 0.15) is 0 Å². The minimum Gasteiger partial charge on any atom is -0.479 e. The molecule has 0 aliphatic heterocycles. The summed E-state index contributed by atoms with van der Waals surface area (Å²) in [4.78, 5) is 32.3. The van der Waals surface area contributed by atoms with Crippen LogP contribution in [0.3, 0.4) is 0 Å². The van der Waals surface area contributed by atoms with Crippen molar-refractivity contribution in [1.82, 2.24) is 5.32 Å². The molecule has 0 fully saturated rings. The first-order chi connectivity index (χ1) is 7.97. The number of hydrogen-bond donors (Lipinski definition) is 3. The van der Waals surface area contributed by atoms with Crippen molar-refractivity contribution < 1.29 is 29.3 Å². The van der Waals surface area contributed by atoms with Gasteiger partial charge in [-0.05, 0) is 6.92 Å². The number of carboxylic acid groups (broad SMARTS) is 1. The Morgan fingerprint density at radius 1 is 1.29 bits per heavy atom. The number of ether oxygens (including phenoxy) is 1. The average Bonchev–Trinajstić information content (AvgIpc) is 2.26. The van der Waals surface area contributed by atoms with Crippen LogP contribution in [0.25, 0.3) is 0 Å². The van der Waals surface area contributed by atoms with E-state index in [0.717, 1.165) is 0 Å². The zero-order valence-electron chi connectivity index (χ0n) is 9.64. The summed E-state index contributed by atoms with van der Waals surface area (Å²) < 4.78 is 4.63. The number of amides is 1. The highest BCUT2D eigenvalue weighted by Gasteiger charge is 2.13. The molecule has 0 bridgehead atoms. The molecule has 0 spiro atoms. The lowest BCUT2D eigenvalue weighted by Crippen LogP contribution is -2.30. The van der Waals surface area contributed by atoms with Gasteiger partial charge in [0.15, 0.2) is 6.10 Å². The van der Waals surface area contributed by atoms with Crippen LogP contribution in [-0.4, -0.2) is 47.3 Å². The summed E-state index contributed by atoms with van der Waals surface area (Å²) in [7, 11) is 0. The van der Waals surface area contributed by atoms with E-state index in [1.54, 1.807) is 6.92 Å². The molecular formula is C10H17NO6. The minimum atomic E-state index is -1.49. The van der Waals surface area contributed by atoms with Crippen LogP contribution in [0.15, 0.2) is 0 Å². The number of rotatable bonds is 8. The molecule has 0 rings (SSSR count). The second-order valence-electron chi connectivity index (χ2n) is 3.30. The SMILES string of the molecule is CCOC(=O)CCC(=O)NCCC(O)C(=O)O. The van der Waals surface area contributed by atoms with Crippen molar-refractivity contribution in [2.45, 2.75) is 32.3 Å². The smallest absolute Gasteiger partial charge is 0.332 e. The van der Waals surface area contributed by atoms with Crippen LogP contribution in [0, 0.1) is 0 Å². The van der Waals surface area contributed by atoms with E-state index < -0.39 is 18.0 Å². The Morgan fingerprint density at radius 3 is 2.47 bits per heavy atom. The van der Waals surface area contributed by atoms with Gasteiger partial charge in [0.25, 0.3) is 0 Å². The van der Waals surface area contributed by atoms with Crippen LogP contribution in [0.5, 0.6) is 0 Å². The predicted octanol–water partition coefficient (Wildman–Crippen LogP) is -0.718. The maximum absolute atomic E-state index is 11.2. The van der Waals surface area contributed by atoms with Gasteiger partial charge in [-0.15, -0.1) is 0 Å². The van der Waals surface area contributed by atoms with E-state index in [2.05, 4.69) is 10.1 Å². The van der Waals surface area contributed by atoms with Crippen molar-refractivity contribution in [2.24, 2.45) is 0 Å². The highest BCUT2D eigenvalue weighted by atomic mass is 16.5. The third-order valence-electron chi connectivity index (χ3n) is 1.89. The molecule has 17 heavy (non-hydrogen) atoms. The third-order valence-corrected chi connectivity index (χ3v) is 1.89. The predicted molar refractivity (Wildman–Crippen MR) is 57.1 cm³/mol. The minimum absolute atomic E-state index is 0.0119. The summed E-state index contributed by atoms with van der Waals surface area (Å²) in [5.41, 5.74) is 0. The first kappa shape index (κ1) is 15.4. The molecule has 98 valence electrons. The normalized spacial score (nSPS) is 11.6. The van der Waals surface area contributed by atoms with E-state index in [9.17, 15) is 14.4 Å². The van der Waals surface area contributed by atoms with Crippen LogP contribution >= 0.6 is 0 Å². The second kappa shape index (κ2) is 8.51. The van der Waals surface area contributed by atoms with E-state index in [-0.39, 0.29) is 38.3 Å². The topological polar surface area (TPSA) is 113 Å². The Kier molecular flexibility index (Phi) is 7.70. The second-order valence-corrected chi connectivity index (χ2v) is 3.30. The lowest BCUT2D eigenvalue weighted by atomic mass is 10.2. The molecule has 0 aliphatic rings. The monoisotopic (exact) mass is 247 g/mol. The van der Waals surface area contributed by atoms with Crippen LogP contribution in [0.4, 0.5) is 0 Å². The number of esters is 1. The van der Waals surface area contributed by atoms with Gasteiger partial charge in [-0.3, -0.25) is 9.59 Å². The van der Waals surface area contributed by atoms with Crippen LogP contribution in [-0.2, 0) is 19.1 Å². The molecule has 0 aromatic rings. The zero-order valence-corrected chi connectivity index (χ0v) is 9.64. The number of nitrogens with one attached hydrogen (secondary N) is 1. The molecule has 1 amide bonds. The lowest BCUT2D eigenvalue weighted by molar-refractivity contribution is -0.147. The van der Waals surface area contributed by atoms with Gasteiger partial charge in [0.05, 0.1) is 13.0 Å². The van der Waals surface area contributed by atoms with E-state index in [0.29, 0.717) is 0 Å². The summed E-state index contributed by atoms with van der Waals surface area (Å²) in [5, 5.41) is 19.7. The molecule has 0 aromatic carbocycles. The summed E-state index contributed by atoms with van der Waals surface area (Å²) in [6, 6.07) is 0. The molecular weight excluding hydrogens is 230 g/mol. The number of carbonyl (C=O) groups excluding carboxylic acids is 2. The number of aliphatic hydroxyl groups is 1. The Bertz CT molecular complexity index is 278. The fourth-order valence-electron chi connectivity index (χ4n) is 1.01. The van der Waals surface area contributed by atoms with E-state index in [1.165, 1.54) is 0 Å². The van der Waals surface area contributed by atoms with Crippen molar-refractivity contribution in [2.75, 3.05) is 13.2 Å². The standard InChI is InChI=1S/C10H17NO6/c1-2-17-9(14)4-3-8(13)11-6-5-7(12)10(15)16/h7,12H,2-6H2,1H3,(H,11,13)(H,15,16).